The molecule has 0 radical (unpaired) electrons. The van der Waals surface area contributed by atoms with Crippen LogP contribution in [0.4, 0.5) is 0 Å². The Balaban J connectivity index is 1.51. The molecule has 2 aliphatic rings. The van der Waals surface area contributed by atoms with E-state index in [1.165, 1.54) is 11.1 Å². The quantitative estimate of drug-likeness (QED) is 0.916. The molecule has 2 aliphatic heterocycles. The normalized spacial score (nSPS) is 32.5. The number of likely N-dealkylation sites (tertiary alicyclic amines) is 2. The van der Waals surface area contributed by atoms with Crippen molar-refractivity contribution >= 4 is 0 Å². The van der Waals surface area contributed by atoms with Crippen molar-refractivity contribution in [3.05, 3.63) is 71.8 Å². The highest BCUT2D eigenvalue weighted by Crippen LogP contribution is 2.46. The molecule has 0 unspecified atom stereocenters. The Labute approximate surface area is 157 Å². The monoisotopic (exact) mass is 350 g/mol. The lowest BCUT2D eigenvalue weighted by Gasteiger charge is -2.60. The first kappa shape index (κ1) is 17.7. The number of aliphatic hydroxyl groups excluding tert-OH is 1. The van der Waals surface area contributed by atoms with E-state index in [0.717, 1.165) is 39.3 Å². The van der Waals surface area contributed by atoms with E-state index >= 15 is 0 Å². The molecular weight excluding hydrogens is 320 g/mol. The average Bonchev–Trinajstić information content (AvgIpc) is 2.60. The number of rotatable bonds is 4. The number of nitrogens with zero attached hydrogens (tertiary/aromatic N) is 2. The van der Waals surface area contributed by atoms with E-state index in [4.69, 9.17) is 0 Å². The number of piperidine rings is 2. The second-order valence-electron chi connectivity index (χ2n) is 8.97. The third-order valence-electron chi connectivity index (χ3n) is 6.16. The molecule has 0 aromatic heterocycles. The van der Waals surface area contributed by atoms with Gasteiger partial charge in [0.15, 0.2) is 0 Å². The Kier molecular flexibility index (Phi) is 4.64. The first-order valence-corrected chi connectivity index (χ1v) is 9.68. The molecule has 2 heterocycles. The summed E-state index contributed by atoms with van der Waals surface area (Å²) in [7, 11) is 0. The zero-order chi connectivity index (χ0) is 18.2. The summed E-state index contributed by atoms with van der Waals surface area (Å²) >= 11 is 0. The second kappa shape index (κ2) is 6.80. The molecule has 3 heteroatoms. The first-order chi connectivity index (χ1) is 12.5. The van der Waals surface area contributed by atoms with E-state index in [2.05, 4.69) is 84.3 Å². The highest BCUT2D eigenvalue weighted by Gasteiger charge is 2.55. The molecule has 0 aliphatic carbocycles. The maximum Gasteiger partial charge on any atom is 0.0696 e. The third-order valence-corrected chi connectivity index (χ3v) is 6.16. The van der Waals surface area contributed by atoms with Crippen LogP contribution in [0.1, 0.15) is 25.0 Å². The molecule has 2 fully saturated rings. The average molecular weight is 351 g/mol. The highest BCUT2D eigenvalue weighted by molar-refractivity contribution is 5.18. The van der Waals surface area contributed by atoms with E-state index < -0.39 is 0 Å². The molecule has 26 heavy (non-hydrogen) atoms. The molecule has 0 atom stereocenters. The van der Waals surface area contributed by atoms with Crippen molar-refractivity contribution in [1.29, 1.82) is 0 Å². The van der Waals surface area contributed by atoms with Crippen LogP contribution in [-0.2, 0) is 13.1 Å². The number of benzene rings is 2. The highest BCUT2D eigenvalue weighted by atomic mass is 16.3. The lowest BCUT2D eigenvalue weighted by molar-refractivity contribution is -0.177. The topological polar surface area (TPSA) is 26.7 Å². The van der Waals surface area contributed by atoms with Crippen LogP contribution in [-0.4, -0.2) is 47.2 Å². The minimum Gasteiger partial charge on any atom is -0.392 e. The second-order valence-corrected chi connectivity index (χ2v) is 8.97. The van der Waals surface area contributed by atoms with Crippen molar-refractivity contribution in [3.63, 3.8) is 0 Å². The van der Waals surface area contributed by atoms with Crippen LogP contribution in [0.3, 0.4) is 0 Å². The SMILES string of the molecule is CC12CN(Cc3ccccc3)CC(C)(CN(Cc3ccccc3)C1)C2O. The molecule has 2 saturated heterocycles. The van der Waals surface area contributed by atoms with Gasteiger partial charge >= 0.3 is 0 Å². The van der Waals surface area contributed by atoms with Gasteiger partial charge in [-0.2, -0.15) is 0 Å². The maximum absolute atomic E-state index is 11.1. The molecule has 1 N–H and O–H groups in total. The Morgan fingerprint density at radius 3 is 1.42 bits per heavy atom. The summed E-state index contributed by atoms with van der Waals surface area (Å²) in [5, 5.41) is 11.1. The Bertz CT molecular complexity index is 655. The number of fused-ring (bicyclic) bond motifs is 2. The fraction of sp³-hybridized carbons (Fsp3) is 0.478. The standard InChI is InChI=1S/C23H30N2O/c1-22-15-24(13-19-9-5-3-6-10-19)17-23(2,21(22)26)18-25(16-22)14-20-11-7-4-8-12-20/h3-12,21,26H,13-18H2,1-2H3. The number of aliphatic hydroxyl groups is 1. The van der Waals surface area contributed by atoms with Crippen molar-refractivity contribution in [1.82, 2.24) is 9.80 Å². The van der Waals surface area contributed by atoms with Gasteiger partial charge in [0.05, 0.1) is 6.10 Å². The summed E-state index contributed by atoms with van der Waals surface area (Å²) in [6.45, 7) is 10.3. The van der Waals surface area contributed by atoms with Gasteiger partial charge in [0.25, 0.3) is 0 Å². The number of hydrogen-bond acceptors (Lipinski definition) is 3. The van der Waals surface area contributed by atoms with Gasteiger partial charge in [-0.05, 0) is 11.1 Å². The van der Waals surface area contributed by atoms with Gasteiger partial charge in [0.1, 0.15) is 0 Å². The van der Waals surface area contributed by atoms with Crippen LogP contribution in [0, 0.1) is 10.8 Å². The summed E-state index contributed by atoms with van der Waals surface area (Å²) in [4.78, 5) is 5.09. The van der Waals surface area contributed by atoms with Gasteiger partial charge in [0, 0.05) is 50.1 Å². The smallest absolute Gasteiger partial charge is 0.0696 e. The zero-order valence-electron chi connectivity index (χ0n) is 15.9. The van der Waals surface area contributed by atoms with Crippen molar-refractivity contribution in [2.75, 3.05) is 26.2 Å². The molecule has 138 valence electrons. The summed E-state index contributed by atoms with van der Waals surface area (Å²) < 4.78 is 0. The maximum atomic E-state index is 11.1. The molecule has 2 bridgehead atoms. The van der Waals surface area contributed by atoms with E-state index in [0.29, 0.717) is 0 Å². The van der Waals surface area contributed by atoms with E-state index in [1.54, 1.807) is 0 Å². The van der Waals surface area contributed by atoms with Gasteiger partial charge in [-0.3, -0.25) is 9.80 Å². The van der Waals surface area contributed by atoms with Crippen molar-refractivity contribution in [3.8, 4) is 0 Å². The van der Waals surface area contributed by atoms with E-state index in [-0.39, 0.29) is 16.9 Å². The van der Waals surface area contributed by atoms with Crippen LogP contribution in [0.15, 0.2) is 60.7 Å². The van der Waals surface area contributed by atoms with Crippen molar-refractivity contribution in [2.45, 2.75) is 33.0 Å². The van der Waals surface area contributed by atoms with Gasteiger partial charge < -0.3 is 5.11 Å². The van der Waals surface area contributed by atoms with Gasteiger partial charge in [-0.15, -0.1) is 0 Å². The van der Waals surface area contributed by atoms with Crippen LogP contribution in [0.25, 0.3) is 0 Å². The van der Waals surface area contributed by atoms with Gasteiger partial charge in [0.2, 0.25) is 0 Å². The van der Waals surface area contributed by atoms with Crippen LogP contribution >= 0.6 is 0 Å². The van der Waals surface area contributed by atoms with E-state index in [1.807, 2.05) is 0 Å². The minimum absolute atomic E-state index is 0.0885. The molecule has 4 rings (SSSR count). The largest absolute Gasteiger partial charge is 0.392 e. The van der Waals surface area contributed by atoms with Crippen molar-refractivity contribution in [2.24, 2.45) is 10.8 Å². The predicted octanol–water partition coefficient (Wildman–Crippen LogP) is 3.39. The molecule has 2 aromatic carbocycles. The molecule has 0 spiro atoms. The first-order valence-electron chi connectivity index (χ1n) is 9.68. The summed E-state index contributed by atoms with van der Waals surface area (Å²) in [6.07, 6.45) is -0.242. The summed E-state index contributed by atoms with van der Waals surface area (Å²) in [5.74, 6) is 0. The van der Waals surface area contributed by atoms with Gasteiger partial charge in [-0.25, -0.2) is 0 Å². The van der Waals surface area contributed by atoms with E-state index in [9.17, 15) is 5.11 Å². The van der Waals surface area contributed by atoms with Crippen molar-refractivity contribution < 1.29 is 5.11 Å². The third kappa shape index (κ3) is 3.44. The summed E-state index contributed by atoms with van der Waals surface area (Å²) in [5.41, 5.74) is 2.54. The molecule has 0 saturated carbocycles. The van der Waals surface area contributed by atoms with Crippen LogP contribution < -0.4 is 0 Å². The van der Waals surface area contributed by atoms with Crippen LogP contribution in [0.2, 0.25) is 0 Å². The Morgan fingerprint density at radius 2 is 1.08 bits per heavy atom. The predicted molar refractivity (Wildman–Crippen MR) is 106 cm³/mol. The lowest BCUT2D eigenvalue weighted by Crippen LogP contribution is -2.69. The molecule has 2 aromatic rings. The summed E-state index contributed by atoms with van der Waals surface area (Å²) in [6, 6.07) is 21.4. The van der Waals surface area contributed by atoms with Gasteiger partial charge in [-0.1, -0.05) is 74.5 Å². The van der Waals surface area contributed by atoms with Crippen LogP contribution in [0.5, 0.6) is 0 Å². The number of hydrogen-bond donors (Lipinski definition) is 1. The fourth-order valence-corrected chi connectivity index (χ4v) is 5.35. The minimum atomic E-state index is -0.242. The Morgan fingerprint density at radius 1 is 0.731 bits per heavy atom. The lowest BCUT2D eigenvalue weighted by atomic mass is 9.63. The molecule has 0 amide bonds. The molecular formula is C23H30N2O. The zero-order valence-corrected chi connectivity index (χ0v) is 15.9. The fourth-order valence-electron chi connectivity index (χ4n) is 5.35. The molecule has 3 nitrogen and oxygen atoms in total. The Hall–Kier alpha value is -1.68.